The number of amides is 3. The van der Waals surface area contributed by atoms with E-state index in [1.165, 1.54) is 6.92 Å². The highest BCUT2D eigenvalue weighted by molar-refractivity contribution is 6.71. The molecule has 0 saturated carbocycles. The van der Waals surface area contributed by atoms with Gasteiger partial charge in [-0.15, -0.1) is 0 Å². The predicted octanol–water partition coefficient (Wildman–Crippen LogP) is -0.581. The molecule has 2 rings (SSSR count). The van der Waals surface area contributed by atoms with E-state index in [9.17, 15) is 14.4 Å². The van der Waals surface area contributed by atoms with E-state index in [1.807, 2.05) is 0 Å². The first kappa shape index (κ1) is 9.38. The molecule has 0 saturated heterocycles. The van der Waals surface area contributed by atoms with Crippen LogP contribution in [0.2, 0.25) is 0 Å². The number of amidine groups is 1. The van der Waals surface area contributed by atoms with Gasteiger partial charge in [0.2, 0.25) is 0 Å². The van der Waals surface area contributed by atoms with Gasteiger partial charge in [-0.2, -0.15) is 4.99 Å². The van der Waals surface area contributed by atoms with Gasteiger partial charge in [0.25, 0.3) is 5.91 Å². The summed E-state index contributed by atoms with van der Waals surface area (Å²) in [6.07, 6.45) is 1.15. The Bertz CT molecular complexity index is 461. The number of imide groups is 1. The lowest BCUT2D eigenvalue weighted by atomic mass is 10.2. The van der Waals surface area contributed by atoms with Crippen molar-refractivity contribution in [2.24, 2.45) is 15.0 Å². The summed E-state index contributed by atoms with van der Waals surface area (Å²) in [4.78, 5) is 45.4. The van der Waals surface area contributed by atoms with E-state index in [2.05, 4.69) is 15.0 Å². The van der Waals surface area contributed by atoms with Gasteiger partial charge in [0, 0.05) is 0 Å². The van der Waals surface area contributed by atoms with Crippen LogP contribution >= 0.6 is 0 Å². The lowest BCUT2D eigenvalue weighted by Crippen LogP contribution is -2.47. The monoisotopic (exact) mass is 206 g/mol. The van der Waals surface area contributed by atoms with Crippen LogP contribution in [0.1, 0.15) is 6.92 Å². The van der Waals surface area contributed by atoms with Crippen molar-refractivity contribution in [1.82, 2.24) is 4.90 Å². The zero-order valence-electron chi connectivity index (χ0n) is 7.80. The highest BCUT2D eigenvalue weighted by atomic mass is 16.2. The van der Waals surface area contributed by atoms with Crippen molar-refractivity contribution in [3.05, 3.63) is 0 Å². The second kappa shape index (κ2) is 3.19. The summed E-state index contributed by atoms with van der Waals surface area (Å²) in [5, 5.41) is 0. The Balaban J connectivity index is 2.35. The average Bonchev–Trinajstić information content (AvgIpc) is 2.59. The highest BCUT2D eigenvalue weighted by Crippen LogP contribution is 2.09. The fraction of sp³-hybridized carbons (Fsp3) is 0.250. The van der Waals surface area contributed by atoms with Crippen molar-refractivity contribution in [1.29, 1.82) is 0 Å². The Hall–Kier alpha value is -2.18. The van der Waals surface area contributed by atoms with Crippen LogP contribution < -0.4 is 0 Å². The first-order chi connectivity index (χ1) is 7.09. The van der Waals surface area contributed by atoms with E-state index in [4.69, 9.17) is 0 Å². The van der Waals surface area contributed by atoms with Crippen molar-refractivity contribution < 1.29 is 14.4 Å². The number of urea groups is 1. The number of nitrogens with zero attached hydrogens (tertiary/aromatic N) is 4. The van der Waals surface area contributed by atoms with Gasteiger partial charge in [-0.05, 0) is 6.92 Å². The van der Waals surface area contributed by atoms with E-state index in [0.29, 0.717) is 0 Å². The first-order valence-corrected chi connectivity index (χ1v) is 4.14. The number of hydrogen-bond donors (Lipinski definition) is 0. The topological polar surface area (TPSA) is 91.5 Å². The summed E-state index contributed by atoms with van der Waals surface area (Å²) >= 11 is 0. The van der Waals surface area contributed by atoms with E-state index < -0.39 is 11.9 Å². The molecule has 0 fully saturated rings. The van der Waals surface area contributed by atoms with Crippen LogP contribution in [-0.2, 0) is 9.59 Å². The summed E-state index contributed by atoms with van der Waals surface area (Å²) < 4.78 is 0. The minimum Gasteiger partial charge on any atom is -0.298 e. The maximum atomic E-state index is 11.6. The fourth-order valence-electron chi connectivity index (χ4n) is 1.22. The molecule has 76 valence electrons. The summed E-state index contributed by atoms with van der Waals surface area (Å²) in [6.45, 7) is 1.00. The molecule has 7 nitrogen and oxygen atoms in total. The van der Waals surface area contributed by atoms with E-state index >= 15 is 0 Å². The Labute approximate surface area is 84.2 Å². The zero-order chi connectivity index (χ0) is 11.0. The molecule has 0 aromatic rings. The molecule has 2 aliphatic rings. The molecule has 0 unspecified atom stereocenters. The Morgan fingerprint density at radius 3 is 2.87 bits per heavy atom. The molecule has 0 radical (unpaired) electrons. The van der Waals surface area contributed by atoms with Crippen molar-refractivity contribution in [3.8, 4) is 0 Å². The maximum Gasteiger partial charge on any atom is 0.353 e. The molecule has 0 aromatic carbocycles. The number of aliphatic imine (C=N–C) groups is 3. The second-order valence-electron chi connectivity index (χ2n) is 3.03. The van der Waals surface area contributed by atoms with Crippen LogP contribution in [0.5, 0.6) is 0 Å². The smallest absolute Gasteiger partial charge is 0.298 e. The van der Waals surface area contributed by atoms with Crippen LogP contribution in [0.15, 0.2) is 15.0 Å². The van der Waals surface area contributed by atoms with Crippen LogP contribution in [-0.4, -0.2) is 47.1 Å². The standard InChI is InChI=1S/C8H6N4O3/c1-4(13)2-12-7(14)5-6(10-3-9-5)11-8(12)15/h3H,2H2,1H3. The van der Waals surface area contributed by atoms with Crippen LogP contribution in [0.3, 0.4) is 0 Å². The molecule has 7 heteroatoms. The van der Waals surface area contributed by atoms with Crippen LogP contribution in [0.25, 0.3) is 0 Å². The third kappa shape index (κ3) is 1.47. The van der Waals surface area contributed by atoms with Gasteiger partial charge < -0.3 is 0 Å². The third-order valence-corrected chi connectivity index (χ3v) is 1.84. The van der Waals surface area contributed by atoms with Gasteiger partial charge >= 0.3 is 6.03 Å². The molecule has 0 N–H and O–H groups in total. The molecule has 0 aliphatic carbocycles. The van der Waals surface area contributed by atoms with Gasteiger partial charge in [0.05, 0.1) is 6.54 Å². The predicted molar refractivity (Wildman–Crippen MR) is 51.2 cm³/mol. The van der Waals surface area contributed by atoms with Gasteiger partial charge in [0.1, 0.15) is 12.1 Å². The first-order valence-electron chi connectivity index (χ1n) is 4.14. The number of Topliss-reactive ketones (excluding diaryl/α,β-unsaturated/α-hetero) is 1. The fourth-order valence-corrected chi connectivity index (χ4v) is 1.22. The summed E-state index contributed by atoms with van der Waals surface area (Å²) in [6, 6.07) is -0.775. The molecule has 0 aromatic heterocycles. The van der Waals surface area contributed by atoms with E-state index in [-0.39, 0.29) is 23.9 Å². The van der Waals surface area contributed by atoms with Gasteiger partial charge in [-0.1, -0.05) is 0 Å². The van der Waals surface area contributed by atoms with Crippen molar-refractivity contribution in [2.75, 3.05) is 6.54 Å². The lowest BCUT2D eigenvalue weighted by molar-refractivity contribution is -0.126. The molecule has 0 spiro atoms. The third-order valence-electron chi connectivity index (χ3n) is 1.84. The number of ketones is 1. The van der Waals surface area contributed by atoms with Gasteiger partial charge in [-0.25, -0.2) is 19.7 Å². The summed E-state index contributed by atoms with van der Waals surface area (Å²) in [7, 11) is 0. The van der Waals surface area contributed by atoms with E-state index in [0.717, 1.165) is 11.2 Å². The quantitative estimate of drug-likeness (QED) is 0.605. The molecule has 0 bridgehead atoms. The minimum absolute atomic E-state index is 0.0100. The lowest BCUT2D eigenvalue weighted by Gasteiger charge is -2.20. The zero-order valence-corrected chi connectivity index (χ0v) is 7.80. The normalized spacial score (nSPS) is 18.9. The number of rotatable bonds is 2. The van der Waals surface area contributed by atoms with Crippen molar-refractivity contribution in [3.63, 3.8) is 0 Å². The molecular weight excluding hydrogens is 200 g/mol. The Kier molecular flexibility index (Phi) is 2.00. The number of hydrogen-bond acceptors (Lipinski definition) is 5. The summed E-state index contributed by atoms with van der Waals surface area (Å²) in [5.74, 6) is -0.905. The Morgan fingerprint density at radius 2 is 2.20 bits per heavy atom. The molecular formula is C8H6N4O3. The van der Waals surface area contributed by atoms with Crippen molar-refractivity contribution in [2.45, 2.75) is 6.92 Å². The minimum atomic E-state index is -0.775. The van der Waals surface area contributed by atoms with Crippen molar-refractivity contribution >= 4 is 35.6 Å². The molecule has 3 amide bonds. The SMILES string of the molecule is CC(=O)CN1C(=O)N=C2N=CN=C2C1=O. The summed E-state index contributed by atoms with van der Waals surface area (Å²) in [5.41, 5.74) is 0.0100. The van der Waals surface area contributed by atoms with Gasteiger partial charge in [0.15, 0.2) is 11.5 Å². The molecule has 15 heavy (non-hydrogen) atoms. The van der Waals surface area contributed by atoms with E-state index in [1.54, 1.807) is 0 Å². The number of carbonyl (C=O) groups is 3. The van der Waals surface area contributed by atoms with Crippen LogP contribution in [0.4, 0.5) is 4.79 Å². The molecule has 0 atom stereocenters. The number of fused-ring (bicyclic) bond motifs is 1. The van der Waals surface area contributed by atoms with Gasteiger partial charge in [-0.3, -0.25) is 9.59 Å². The average molecular weight is 206 g/mol. The molecule has 2 aliphatic heterocycles. The molecule has 2 heterocycles. The second-order valence-corrected chi connectivity index (χ2v) is 3.03. The number of carbonyl (C=O) groups excluding carboxylic acids is 3. The highest BCUT2D eigenvalue weighted by Gasteiger charge is 2.35. The maximum absolute atomic E-state index is 11.6. The Morgan fingerprint density at radius 1 is 1.47 bits per heavy atom. The van der Waals surface area contributed by atoms with Crippen LogP contribution in [0, 0.1) is 0 Å². The largest absolute Gasteiger partial charge is 0.353 e.